The summed E-state index contributed by atoms with van der Waals surface area (Å²) in [6.07, 6.45) is 2.30. The molecule has 1 aliphatic rings. The Kier molecular flexibility index (Phi) is 1.44. The van der Waals surface area contributed by atoms with Gasteiger partial charge in [-0.25, -0.2) is 0 Å². The van der Waals surface area contributed by atoms with Crippen LogP contribution in [0.3, 0.4) is 0 Å². The van der Waals surface area contributed by atoms with E-state index >= 15 is 0 Å². The molecule has 1 N–H and O–H groups in total. The summed E-state index contributed by atoms with van der Waals surface area (Å²) in [6, 6.07) is 0. The molecule has 0 amide bonds. The van der Waals surface area contributed by atoms with Gasteiger partial charge >= 0.3 is 0 Å². The summed E-state index contributed by atoms with van der Waals surface area (Å²) in [5.74, 6) is 0. The summed E-state index contributed by atoms with van der Waals surface area (Å²) >= 11 is 0. The molecule has 1 aliphatic heterocycles. The molecular formula is C9H17N. The molecule has 1 heteroatoms. The lowest BCUT2D eigenvalue weighted by atomic mass is 9.99. The largest absolute Gasteiger partial charge is 0.300 e. The van der Waals surface area contributed by atoms with E-state index in [1.165, 1.54) is 5.57 Å². The third kappa shape index (κ3) is 1.24. The van der Waals surface area contributed by atoms with E-state index in [1.807, 2.05) is 0 Å². The normalized spacial score (nSPS) is 28.3. The van der Waals surface area contributed by atoms with Crippen LogP contribution in [0.1, 0.15) is 34.6 Å². The van der Waals surface area contributed by atoms with Crippen molar-refractivity contribution in [3.05, 3.63) is 11.6 Å². The number of rotatable bonds is 0. The van der Waals surface area contributed by atoms with Crippen molar-refractivity contribution in [3.63, 3.8) is 0 Å². The smallest absolute Gasteiger partial charge is 0.0342 e. The summed E-state index contributed by atoms with van der Waals surface area (Å²) in [5.41, 5.74) is 1.83. The van der Waals surface area contributed by atoms with Crippen LogP contribution in [0.2, 0.25) is 0 Å². The molecule has 0 radical (unpaired) electrons. The van der Waals surface area contributed by atoms with Crippen LogP contribution >= 0.6 is 0 Å². The van der Waals surface area contributed by atoms with Gasteiger partial charge in [0.25, 0.3) is 0 Å². The zero-order valence-electron chi connectivity index (χ0n) is 7.58. The molecule has 0 unspecified atom stereocenters. The van der Waals surface area contributed by atoms with Crippen LogP contribution in [0, 0.1) is 0 Å². The van der Waals surface area contributed by atoms with Crippen molar-refractivity contribution in [2.45, 2.75) is 45.7 Å². The Morgan fingerprint density at radius 1 is 1.20 bits per heavy atom. The van der Waals surface area contributed by atoms with Gasteiger partial charge in [-0.3, -0.25) is 5.32 Å². The Labute approximate surface area is 63.5 Å². The molecule has 0 spiro atoms. The molecule has 0 fully saturated rings. The molecular weight excluding hydrogens is 122 g/mol. The Balaban J connectivity index is 2.89. The molecule has 0 aromatic carbocycles. The summed E-state index contributed by atoms with van der Waals surface area (Å²) in [5, 5.41) is 3.53. The van der Waals surface area contributed by atoms with Crippen LogP contribution in [-0.4, -0.2) is 11.1 Å². The van der Waals surface area contributed by atoms with E-state index in [1.54, 1.807) is 0 Å². The molecule has 0 saturated carbocycles. The van der Waals surface area contributed by atoms with Gasteiger partial charge in [0.1, 0.15) is 0 Å². The molecule has 10 heavy (non-hydrogen) atoms. The van der Waals surface area contributed by atoms with Gasteiger partial charge in [0, 0.05) is 11.1 Å². The fourth-order valence-electron chi connectivity index (χ4n) is 1.66. The maximum absolute atomic E-state index is 3.53. The highest BCUT2D eigenvalue weighted by atomic mass is 15.1. The molecule has 0 aromatic heterocycles. The fraction of sp³-hybridized carbons (Fsp3) is 0.778. The Morgan fingerprint density at radius 2 is 1.70 bits per heavy atom. The maximum atomic E-state index is 3.53. The van der Waals surface area contributed by atoms with Crippen molar-refractivity contribution in [2.75, 3.05) is 0 Å². The highest BCUT2D eigenvalue weighted by Gasteiger charge is 2.33. The SMILES string of the molecule is CC1=CC(C)(C)NC1(C)C. The fourth-order valence-corrected chi connectivity index (χ4v) is 1.66. The molecule has 1 rings (SSSR count). The van der Waals surface area contributed by atoms with Crippen LogP contribution in [0.15, 0.2) is 11.6 Å². The molecule has 58 valence electrons. The summed E-state index contributed by atoms with van der Waals surface area (Å²) < 4.78 is 0. The average Bonchev–Trinajstić information content (AvgIpc) is 1.73. The zero-order valence-corrected chi connectivity index (χ0v) is 7.58. The van der Waals surface area contributed by atoms with Crippen molar-refractivity contribution in [1.82, 2.24) is 5.32 Å². The van der Waals surface area contributed by atoms with Gasteiger partial charge in [-0.2, -0.15) is 0 Å². The van der Waals surface area contributed by atoms with E-state index in [4.69, 9.17) is 0 Å². The lowest BCUT2D eigenvalue weighted by Gasteiger charge is -2.27. The van der Waals surface area contributed by atoms with E-state index in [2.05, 4.69) is 46.0 Å². The van der Waals surface area contributed by atoms with Crippen LogP contribution in [0.5, 0.6) is 0 Å². The maximum Gasteiger partial charge on any atom is 0.0342 e. The van der Waals surface area contributed by atoms with Gasteiger partial charge in [-0.1, -0.05) is 11.6 Å². The average molecular weight is 139 g/mol. The van der Waals surface area contributed by atoms with Gasteiger partial charge in [0.15, 0.2) is 0 Å². The second-order valence-electron chi connectivity index (χ2n) is 4.30. The van der Waals surface area contributed by atoms with Gasteiger partial charge < -0.3 is 0 Å². The standard InChI is InChI=1S/C9H17N/c1-7-6-8(2,3)10-9(7,4)5/h6,10H,1-5H3. The van der Waals surface area contributed by atoms with Crippen LogP contribution in [-0.2, 0) is 0 Å². The zero-order chi connectivity index (χ0) is 7.99. The molecule has 0 aromatic rings. The van der Waals surface area contributed by atoms with Crippen molar-refractivity contribution < 1.29 is 0 Å². The lowest BCUT2D eigenvalue weighted by molar-refractivity contribution is 0.388. The molecule has 0 bridgehead atoms. The Bertz CT molecular complexity index is 175. The highest BCUT2D eigenvalue weighted by molar-refractivity contribution is 5.28. The van der Waals surface area contributed by atoms with Crippen molar-refractivity contribution >= 4 is 0 Å². The second-order valence-corrected chi connectivity index (χ2v) is 4.30. The van der Waals surface area contributed by atoms with Gasteiger partial charge in [0.2, 0.25) is 0 Å². The van der Waals surface area contributed by atoms with Crippen molar-refractivity contribution in [1.29, 1.82) is 0 Å². The molecule has 0 aliphatic carbocycles. The third-order valence-corrected chi connectivity index (χ3v) is 2.20. The van der Waals surface area contributed by atoms with E-state index in [-0.39, 0.29) is 11.1 Å². The summed E-state index contributed by atoms with van der Waals surface area (Å²) in [7, 11) is 0. The van der Waals surface area contributed by atoms with Crippen LogP contribution < -0.4 is 5.32 Å². The molecule has 0 atom stereocenters. The van der Waals surface area contributed by atoms with Gasteiger partial charge in [0.05, 0.1) is 0 Å². The van der Waals surface area contributed by atoms with E-state index in [0.717, 1.165) is 0 Å². The highest BCUT2D eigenvalue weighted by Crippen LogP contribution is 2.28. The minimum atomic E-state index is 0.188. The monoisotopic (exact) mass is 139 g/mol. The number of hydrogen-bond donors (Lipinski definition) is 1. The first-order chi connectivity index (χ1) is 4.33. The van der Waals surface area contributed by atoms with Crippen LogP contribution in [0.25, 0.3) is 0 Å². The predicted molar refractivity (Wildman–Crippen MR) is 45.1 cm³/mol. The number of hydrogen-bond acceptors (Lipinski definition) is 1. The minimum Gasteiger partial charge on any atom is -0.300 e. The molecule has 0 saturated heterocycles. The third-order valence-electron chi connectivity index (χ3n) is 2.20. The minimum absolute atomic E-state index is 0.188. The topological polar surface area (TPSA) is 12.0 Å². The van der Waals surface area contributed by atoms with Gasteiger partial charge in [-0.15, -0.1) is 0 Å². The first-order valence-electron chi connectivity index (χ1n) is 3.83. The van der Waals surface area contributed by atoms with E-state index < -0.39 is 0 Å². The quantitative estimate of drug-likeness (QED) is 0.507. The molecule has 1 heterocycles. The molecule has 1 nitrogen and oxygen atoms in total. The predicted octanol–water partition coefficient (Wildman–Crippen LogP) is 2.09. The van der Waals surface area contributed by atoms with E-state index in [9.17, 15) is 0 Å². The summed E-state index contributed by atoms with van der Waals surface area (Å²) in [4.78, 5) is 0. The van der Waals surface area contributed by atoms with E-state index in [0.29, 0.717) is 0 Å². The Morgan fingerprint density at radius 3 is 1.80 bits per heavy atom. The van der Waals surface area contributed by atoms with Crippen molar-refractivity contribution in [3.8, 4) is 0 Å². The van der Waals surface area contributed by atoms with Gasteiger partial charge in [-0.05, 0) is 34.6 Å². The van der Waals surface area contributed by atoms with Crippen molar-refractivity contribution in [2.24, 2.45) is 0 Å². The second kappa shape index (κ2) is 1.85. The Hall–Kier alpha value is -0.300. The summed E-state index contributed by atoms with van der Waals surface area (Å²) in [6.45, 7) is 11.0. The first kappa shape index (κ1) is 7.80. The first-order valence-corrected chi connectivity index (χ1v) is 3.83. The number of nitrogens with one attached hydrogen (secondary N) is 1. The van der Waals surface area contributed by atoms with Crippen LogP contribution in [0.4, 0.5) is 0 Å². The lowest BCUT2D eigenvalue weighted by Crippen LogP contribution is -2.45.